The molecule has 156 valence electrons. The van der Waals surface area contributed by atoms with Crippen LogP contribution in [0.5, 0.6) is 0 Å². The van der Waals surface area contributed by atoms with Crippen molar-refractivity contribution in [1.82, 2.24) is 14.7 Å². The van der Waals surface area contributed by atoms with E-state index < -0.39 is 0 Å². The summed E-state index contributed by atoms with van der Waals surface area (Å²) in [6, 6.07) is 14.3. The first-order chi connectivity index (χ1) is 14.5. The van der Waals surface area contributed by atoms with Crippen molar-refractivity contribution >= 4 is 23.2 Å². The number of amides is 1. The molecule has 4 rings (SSSR count). The SMILES string of the molecule is Cc1nn(-c2ccccc2F)c(C)c1CC(=O)N1CCN(c2ccccc2Cl)CC1. The number of hydrogen-bond donors (Lipinski definition) is 0. The van der Waals surface area contributed by atoms with E-state index in [4.69, 9.17) is 11.6 Å². The van der Waals surface area contributed by atoms with Crippen molar-refractivity contribution in [2.75, 3.05) is 31.1 Å². The lowest BCUT2D eigenvalue weighted by Gasteiger charge is -2.36. The zero-order valence-corrected chi connectivity index (χ0v) is 17.9. The van der Waals surface area contributed by atoms with Gasteiger partial charge in [-0.05, 0) is 38.1 Å². The Morgan fingerprint density at radius 3 is 2.30 bits per heavy atom. The zero-order valence-electron chi connectivity index (χ0n) is 17.1. The van der Waals surface area contributed by atoms with Crippen LogP contribution in [-0.2, 0) is 11.2 Å². The topological polar surface area (TPSA) is 41.4 Å². The Bertz CT molecular complexity index is 1070. The molecule has 0 saturated carbocycles. The van der Waals surface area contributed by atoms with Gasteiger partial charge in [-0.2, -0.15) is 5.10 Å². The van der Waals surface area contributed by atoms with Crippen LogP contribution in [0.2, 0.25) is 5.02 Å². The molecule has 0 unspecified atom stereocenters. The Kier molecular flexibility index (Phi) is 5.77. The maximum Gasteiger partial charge on any atom is 0.227 e. The van der Waals surface area contributed by atoms with Gasteiger partial charge in [-0.1, -0.05) is 35.9 Å². The van der Waals surface area contributed by atoms with E-state index in [1.54, 1.807) is 22.9 Å². The van der Waals surface area contributed by atoms with Crippen LogP contribution in [-0.4, -0.2) is 46.8 Å². The number of anilines is 1. The van der Waals surface area contributed by atoms with E-state index in [2.05, 4.69) is 10.00 Å². The minimum atomic E-state index is -0.336. The molecule has 1 amide bonds. The molecule has 0 bridgehead atoms. The first kappa shape index (κ1) is 20.4. The monoisotopic (exact) mass is 426 g/mol. The van der Waals surface area contributed by atoms with E-state index in [0.29, 0.717) is 18.8 Å². The van der Waals surface area contributed by atoms with E-state index >= 15 is 0 Å². The molecule has 2 heterocycles. The molecular weight excluding hydrogens is 403 g/mol. The molecule has 0 atom stereocenters. The number of benzene rings is 2. The van der Waals surface area contributed by atoms with Crippen LogP contribution >= 0.6 is 11.6 Å². The summed E-state index contributed by atoms with van der Waals surface area (Å²) in [6.45, 7) is 6.50. The Hall–Kier alpha value is -2.86. The van der Waals surface area contributed by atoms with Gasteiger partial charge in [0.25, 0.3) is 0 Å². The van der Waals surface area contributed by atoms with Crippen LogP contribution in [0.4, 0.5) is 10.1 Å². The van der Waals surface area contributed by atoms with Gasteiger partial charge in [0, 0.05) is 37.4 Å². The van der Waals surface area contributed by atoms with Crippen molar-refractivity contribution in [2.24, 2.45) is 0 Å². The predicted molar refractivity (Wildman–Crippen MR) is 117 cm³/mol. The quantitative estimate of drug-likeness (QED) is 0.628. The molecule has 1 fully saturated rings. The molecule has 30 heavy (non-hydrogen) atoms. The molecule has 1 aliphatic heterocycles. The fraction of sp³-hybridized carbons (Fsp3) is 0.304. The van der Waals surface area contributed by atoms with Crippen molar-refractivity contribution in [3.63, 3.8) is 0 Å². The fourth-order valence-electron chi connectivity index (χ4n) is 3.96. The van der Waals surface area contributed by atoms with Crippen molar-refractivity contribution in [1.29, 1.82) is 0 Å². The van der Waals surface area contributed by atoms with Crippen LogP contribution in [0.1, 0.15) is 17.0 Å². The smallest absolute Gasteiger partial charge is 0.227 e. The van der Waals surface area contributed by atoms with Gasteiger partial charge in [0.05, 0.1) is 22.8 Å². The van der Waals surface area contributed by atoms with E-state index in [1.165, 1.54) is 6.07 Å². The highest BCUT2D eigenvalue weighted by Crippen LogP contribution is 2.26. The summed E-state index contributed by atoms with van der Waals surface area (Å²) < 4.78 is 15.8. The summed E-state index contributed by atoms with van der Waals surface area (Å²) in [4.78, 5) is 17.1. The van der Waals surface area contributed by atoms with Crippen LogP contribution in [0.25, 0.3) is 5.69 Å². The summed E-state index contributed by atoms with van der Waals surface area (Å²) in [6.07, 6.45) is 0.262. The highest BCUT2D eigenvalue weighted by atomic mass is 35.5. The normalized spacial score (nSPS) is 14.3. The number of hydrogen-bond acceptors (Lipinski definition) is 3. The Morgan fingerprint density at radius 1 is 1.00 bits per heavy atom. The summed E-state index contributed by atoms with van der Waals surface area (Å²) in [5, 5.41) is 5.21. The van der Waals surface area contributed by atoms with Crippen molar-refractivity contribution < 1.29 is 9.18 Å². The maximum absolute atomic E-state index is 14.2. The molecule has 5 nitrogen and oxygen atoms in total. The molecule has 2 aromatic carbocycles. The molecule has 1 aliphatic rings. The molecule has 0 spiro atoms. The van der Waals surface area contributed by atoms with Crippen LogP contribution < -0.4 is 4.90 Å². The van der Waals surface area contributed by atoms with Gasteiger partial charge in [-0.3, -0.25) is 4.79 Å². The molecule has 0 N–H and O–H groups in total. The number of aromatic nitrogens is 2. The second-order valence-corrected chi connectivity index (χ2v) is 7.92. The van der Waals surface area contributed by atoms with Crippen molar-refractivity contribution in [2.45, 2.75) is 20.3 Å². The zero-order chi connectivity index (χ0) is 21.3. The summed E-state index contributed by atoms with van der Waals surface area (Å²) in [5.74, 6) is -0.273. The summed E-state index contributed by atoms with van der Waals surface area (Å²) in [7, 11) is 0. The first-order valence-corrected chi connectivity index (χ1v) is 10.4. The van der Waals surface area contributed by atoms with Crippen molar-refractivity contribution in [3.8, 4) is 5.69 Å². The average Bonchev–Trinajstić information content (AvgIpc) is 3.02. The molecule has 0 radical (unpaired) electrons. The van der Waals surface area contributed by atoms with Gasteiger partial charge in [0.2, 0.25) is 5.91 Å². The average molecular weight is 427 g/mol. The first-order valence-electron chi connectivity index (χ1n) is 10.0. The van der Waals surface area contributed by atoms with Gasteiger partial charge in [-0.15, -0.1) is 0 Å². The highest BCUT2D eigenvalue weighted by Gasteiger charge is 2.25. The summed E-state index contributed by atoms with van der Waals surface area (Å²) in [5.41, 5.74) is 3.80. The minimum absolute atomic E-state index is 0.0630. The van der Waals surface area contributed by atoms with E-state index in [1.807, 2.05) is 43.0 Å². The van der Waals surface area contributed by atoms with E-state index in [0.717, 1.165) is 40.8 Å². The van der Waals surface area contributed by atoms with Crippen molar-refractivity contribution in [3.05, 3.63) is 76.3 Å². The van der Waals surface area contributed by atoms with Gasteiger partial charge < -0.3 is 9.80 Å². The lowest BCUT2D eigenvalue weighted by molar-refractivity contribution is -0.130. The van der Waals surface area contributed by atoms with Crippen LogP contribution in [0.15, 0.2) is 48.5 Å². The van der Waals surface area contributed by atoms with Gasteiger partial charge in [0.1, 0.15) is 11.5 Å². The number of carbonyl (C=O) groups excluding carboxylic acids is 1. The van der Waals surface area contributed by atoms with E-state index in [-0.39, 0.29) is 18.1 Å². The fourth-order valence-corrected chi connectivity index (χ4v) is 4.21. The largest absolute Gasteiger partial charge is 0.367 e. The third kappa shape index (κ3) is 3.92. The lowest BCUT2D eigenvalue weighted by atomic mass is 10.1. The number of halogens is 2. The predicted octanol–water partition coefficient (Wildman–Crippen LogP) is 4.17. The minimum Gasteiger partial charge on any atom is -0.367 e. The molecule has 1 saturated heterocycles. The second-order valence-electron chi connectivity index (χ2n) is 7.51. The molecule has 1 aromatic heterocycles. The Labute approximate surface area is 180 Å². The number of aryl methyl sites for hydroxylation is 1. The Balaban J connectivity index is 1.45. The number of para-hydroxylation sites is 2. The van der Waals surface area contributed by atoms with Gasteiger partial charge in [-0.25, -0.2) is 9.07 Å². The molecular formula is C23H24ClFN4O. The van der Waals surface area contributed by atoms with Crippen LogP contribution in [0.3, 0.4) is 0 Å². The third-order valence-corrected chi connectivity index (χ3v) is 5.99. The lowest BCUT2D eigenvalue weighted by Crippen LogP contribution is -2.49. The summed E-state index contributed by atoms with van der Waals surface area (Å²) >= 11 is 6.30. The number of nitrogens with zero attached hydrogens (tertiary/aromatic N) is 4. The maximum atomic E-state index is 14.2. The standard InChI is InChI=1S/C23H24ClFN4O/c1-16-18(17(2)29(26-16)22-10-6-4-8-20(22)25)15-23(30)28-13-11-27(12-14-28)21-9-5-3-7-19(21)24/h3-10H,11-15H2,1-2H3. The molecule has 3 aromatic rings. The number of rotatable bonds is 4. The molecule has 0 aliphatic carbocycles. The van der Waals surface area contributed by atoms with E-state index in [9.17, 15) is 9.18 Å². The van der Waals surface area contributed by atoms with Gasteiger partial charge in [0.15, 0.2) is 0 Å². The number of carbonyl (C=O) groups is 1. The van der Waals surface area contributed by atoms with Gasteiger partial charge >= 0.3 is 0 Å². The Morgan fingerprint density at radius 2 is 1.63 bits per heavy atom. The third-order valence-electron chi connectivity index (χ3n) is 5.68. The molecule has 7 heteroatoms. The highest BCUT2D eigenvalue weighted by molar-refractivity contribution is 6.33. The second kappa shape index (κ2) is 8.48. The van der Waals surface area contributed by atoms with Crippen LogP contribution in [0, 0.1) is 19.7 Å². The number of piperazine rings is 1.